The van der Waals surface area contributed by atoms with Gasteiger partial charge in [-0.2, -0.15) is 0 Å². The Hall–Kier alpha value is -0.530. The minimum Gasteiger partial charge on any atom is -0.466 e. The van der Waals surface area contributed by atoms with E-state index < -0.39 is 0 Å². The number of hydrogen-bond acceptors (Lipinski definition) is 2. The smallest absolute Gasteiger partial charge is 0.312 e. The van der Waals surface area contributed by atoms with E-state index in [1.807, 2.05) is 20.8 Å². The van der Waals surface area contributed by atoms with Crippen molar-refractivity contribution in [2.75, 3.05) is 6.61 Å². The van der Waals surface area contributed by atoms with E-state index in [1.165, 1.54) is 12.8 Å². The van der Waals surface area contributed by atoms with Gasteiger partial charge in [-0.25, -0.2) is 0 Å². The van der Waals surface area contributed by atoms with Gasteiger partial charge < -0.3 is 4.74 Å². The molecule has 0 heterocycles. The molecule has 0 aromatic carbocycles. The fourth-order valence-electron chi connectivity index (χ4n) is 2.41. The Morgan fingerprint density at radius 3 is 1.84 bits per heavy atom. The first-order valence-electron chi connectivity index (χ1n) is 8.29. The number of ether oxygens (including phenoxy) is 1. The Bertz CT molecular complexity index is 207. The van der Waals surface area contributed by atoms with Crippen molar-refractivity contribution in [3.63, 3.8) is 0 Å². The molecule has 1 fully saturated rings. The van der Waals surface area contributed by atoms with Gasteiger partial charge in [-0.15, -0.1) is 0 Å². The van der Waals surface area contributed by atoms with Crippen molar-refractivity contribution in [2.24, 2.45) is 11.3 Å². The zero-order valence-corrected chi connectivity index (χ0v) is 14.3. The van der Waals surface area contributed by atoms with Crippen LogP contribution >= 0.6 is 0 Å². The van der Waals surface area contributed by atoms with Crippen LogP contribution in [0.4, 0.5) is 0 Å². The molecule has 1 saturated carbocycles. The van der Waals surface area contributed by atoms with E-state index in [1.54, 1.807) is 0 Å². The molecule has 116 valence electrons. The van der Waals surface area contributed by atoms with Crippen molar-refractivity contribution in [1.29, 1.82) is 0 Å². The molecular formula is C17H36O2. The van der Waals surface area contributed by atoms with Crippen molar-refractivity contribution >= 4 is 5.97 Å². The van der Waals surface area contributed by atoms with Gasteiger partial charge in [0, 0.05) is 0 Å². The average Bonchev–Trinajstić information content (AvgIpc) is 3.21. The van der Waals surface area contributed by atoms with Gasteiger partial charge in [0.25, 0.3) is 0 Å². The summed E-state index contributed by atoms with van der Waals surface area (Å²) in [7, 11) is 0. The second kappa shape index (κ2) is 12.5. The number of carbonyl (C=O) groups is 1. The molecule has 2 heteroatoms. The Morgan fingerprint density at radius 1 is 1.11 bits per heavy atom. The molecule has 0 spiro atoms. The summed E-state index contributed by atoms with van der Waals surface area (Å²) in [5, 5.41) is 0. The van der Waals surface area contributed by atoms with Crippen LogP contribution < -0.4 is 0 Å². The van der Waals surface area contributed by atoms with Gasteiger partial charge in [0.2, 0.25) is 0 Å². The van der Waals surface area contributed by atoms with E-state index in [0.717, 1.165) is 25.7 Å². The van der Waals surface area contributed by atoms with Gasteiger partial charge in [0.05, 0.1) is 12.0 Å². The fourth-order valence-corrected chi connectivity index (χ4v) is 2.41. The third kappa shape index (κ3) is 6.98. The maximum Gasteiger partial charge on any atom is 0.312 e. The molecule has 1 rings (SSSR count). The normalized spacial score (nSPS) is 16.2. The zero-order chi connectivity index (χ0) is 15.3. The fraction of sp³-hybridized carbons (Fsp3) is 0.941. The van der Waals surface area contributed by atoms with Crippen LogP contribution in [0.1, 0.15) is 87.0 Å². The first-order chi connectivity index (χ1) is 9.12. The number of esters is 1. The average molecular weight is 272 g/mol. The predicted octanol–water partition coefficient (Wildman–Crippen LogP) is 5.60. The van der Waals surface area contributed by atoms with Gasteiger partial charge in [-0.3, -0.25) is 4.79 Å². The lowest BCUT2D eigenvalue weighted by molar-refractivity contribution is -0.152. The Balaban J connectivity index is 0. The van der Waals surface area contributed by atoms with Crippen LogP contribution in [0, 0.1) is 11.3 Å². The molecule has 0 aromatic rings. The molecule has 0 N–H and O–H groups in total. The molecule has 0 aromatic heterocycles. The lowest BCUT2D eigenvalue weighted by Crippen LogP contribution is -2.27. The third-order valence-corrected chi connectivity index (χ3v) is 3.38. The lowest BCUT2D eigenvalue weighted by atomic mass is 9.83. The Labute approximate surface area is 121 Å². The van der Waals surface area contributed by atoms with Crippen LogP contribution in [0.3, 0.4) is 0 Å². The Kier molecular flexibility index (Phi) is 13.7. The summed E-state index contributed by atoms with van der Waals surface area (Å²) >= 11 is 0. The zero-order valence-electron chi connectivity index (χ0n) is 14.3. The third-order valence-electron chi connectivity index (χ3n) is 3.38. The number of hydrogen-bond donors (Lipinski definition) is 0. The molecule has 1 unspecified atom stereocenters. The summed E-state index contributed by atoms with van der Waals surface area (Å²) < 4.78 is 5.16. The van der Waals surface area contributed by atoms with Gasteiger partial charge in [0.1, 0.15) is 0 Å². The highest BCUT2D eigenvalue weighted by Crippen LogP contribution is 2.55. The maximum atomic E-state index is 11.8. The first-order valence-corrected chi connectivity index (χ1v) is 8.29. The van der Waals surface area contributed by atoms with E-state index in [2.05, 4.69) is 27.7 Å². The van der Waals surface area contributed by atoms with Gasteiger partial charge >= 0.3 is 5.97 Å². The second-order valence-electron chi connectivity index (χ2n) is 4.98. The molecule has 0 amide bonds. The molecule has 1 atom stereocenters. The molecule has 19 heavy (non-hydrogen) atoms. The summed E-state index contributed by atoms with van der Waals surface area (Å²) in [6, 6.07) is 0. The van der Waals surface area contributed by atoms with Crippen LogP contribution in [-0.2, 0) is 9.53 Å². The summed E-state index contributed by atoms with van der Waals surface area (Å²) in [6.45, 7) is 15.0. The molecule has 0 radical (unpaired) electrons. The summed E-state index contributed by atoms with van der Waals surface area (Å²) in [6.07, 6.45) is 6.77. The van der Waals surface area contributed by atoms with Crippen LogP contribution in [0.15, 0.2) is 0 Å². The molecule has 1 aliphatic carbocycles. The first kappa shape index (κ1) is 20.8. The molecule has 0 bridgehead atoms. The van der Waals surface area contributed by atoms with E-state index in [9.17, 15) is 4.79 Å². The topological polar surface area (TPSA) is 26.3 Å². The van der Waals surface area contributed by atoms with E-state index in [0.29, 0.717) is 12.5 Å². The van der Waals surface area contributed by atoms with Crippen LogP contribution in [0.2, 0.25) is 0 Å². The van der Waals surface area contributed by atoms with Gasteiger partial charge in [-0.05, 0) is 32.1 Å². The molecular weight excluding hydrogens is 236 g/mol. The van der Waals surface area contributed by atoms with Crippen molar-refractivity contribution in [3.8, 4) is 0 Å². The Morgan fingerprint density at radius 2 is 1.58 bits per heavy atom. The molecule has 0 aliphatic heterocycles. The number of rotatable bonds is 6. The summed E-state index contributed by atoms with van der Waals surface area (Å²) in [4.78, 5) is 11.8. The largest absolute Gasteiger partial charge is 0.466 e. The van der Waals surface area contributed by atoms with Crippen LogP contribution in [-0.4, -0.2) is 12.6 Å². The standard InChI is InChI=1S/C12H22O2.C3H8.C2H6/c1-4-7-10(5-2)12(8-9-12)11(13)14-6-3;1-3-2;1-2/h10H,4-9H2,1-3H3;3H2,1-2H3;1-2H3. The van der Waals surface area contributed by atoms with Crippen molar-refractivity contribution in [1.82, 2.24) is 0 Å². The minimum absolute atomic E-state index is 0.0558. The SMILES string of the molecule is CC.CCC.CCCC(CC)C1(C(=O)OCC)CC1. The monoisotopic (exact) mass is 272 g/mol. The highest BCUT2D eigenvalue weighted by atomic mass is 16.5. The van der Waals surface area contributed by atoms with Gasteiger partial charge in [0.15, 0.2) is 0 Å². The van der Waals surface area contributed by atoms with E-state index in [-0.39, 0.29) is 11.4 Å². The van der Waals surface area contributed by atoms with E-state index in [4.69, 9.17) is 4.74 Å². The lowest BCUT2D eigenvalue weighted by Gasteiger charge is -2.23. The van der Waals surface area contributed by atoms with E-state index >= 15 is 0 Å². The molecule has 0 saturated heterocycles. The van der Waals surface area contributed by atoms with Crippen molar-refractivity contribution in [2.45, 2.75) is 87.0 Å². The summed E-state index contributed by atoms with van der Waals surface area (Å²) in [5.74, 6) is 0.604. The van der Waals surface area contributed by atoms with Gasteiger partial charge in [-0.1, -0.05) is 60.8 Å². The second-order valence-corrected chi connectivity index (χ2v) is 4.98. The van der Waals surface area contributed by atoms with Crippen LogP contribution in [0.5, 0.6) is 0 Å². The quantitative estimate of drug-likeness (QED) is 0.588. The number of carbonyl (C=O) groups excluding carboxylic acids is 1. The predicted molar refractivity (Wildman–Crippen MR) is 84.3 cm³/mol. The molecule has 2 nitrogen and oxygen atoms in total. The summed E-state index contributed by atoms with van der Waals surface area (Å²) in [5.41, 5.74) is -0.0826. The molecule has 1 aliphatic rings. The van der Waals surface area contributed by atoms with Crippen molar-refractivity contribution in [3.05, 3.63) is 0 Å². The highest BCUT2D eigenvalue weighted by molar-refractivity contribution is 5.80. The van der Waals surface area contributed by atoms with Crippen LogP contribution in [0.25, 0.3) is 0 Å². The minimum atomic E-state index is -0.0826. The maximum absolute atomic E-state index is 11.8. The highest BCUT2D eigenvalue weighted by Gasteiger charge is 2.55. The van der Waals surface area contributed by atoms with Crippen molar-refractivity contribution < 1.29 is 9.53 Å².